The standard InChI is InChI=1S/C23H31NO4.C2H6.U/c1-12-13(2)15(4)21(16(5)14(12)3)11-20(25)9-19(10-22(26)27-8)23-17(6)18(7)28-24-23;1-2;/h19H,9-11H2,1-8H3;1-2H3;. The van der Waals surface area contributed by atoms with Gasteiger partial charge in [-0.25, -0.2) is 0 Å². The summed E-state index contributed by atoms with van der Waals surface area (Å²) in [6.45, 7) is 18.2. The number of Topliss-reactive ketones (excluding diaryl/α,β-unsaturated/α-hetero) is 1. The van der Waals surface area contributed by atoms with Crippen molar-refractivity contribution in [2.45, 2.75) is 87.5 Å². The fraction of sp³-hybridized carbons (Fsp3) is 0.560. The van der Waals surface area contributed by atoms with Gasteiger partial charge in [-0.2, -0.15) is 0 Å². The number of nitrogens with zero attached hydrogens (tertiary/aromatic N) is 1. The van der Waals surface area contributed by atoms with E-state index in [-0.39, 0.29) is 61.6 Å². The Morgan fingerprint density at radius 2 is 1.32 bits per heavy atom. The normalized spacial score (nSPS) is 11.2. The van der Waals surface area contributed by atoms with Crippen molar-refractivity contribution in [1.82, 2.24) is 5.16 Å². The van der Waals surface area contributed by atoms with Gasteiger partial charge in [-0.1, -0.05) is 19.0 Å². The molecular weight excluding hydrogens is 616 g/mol. The average Bonchev–Trinajstić information content (AvgIpc) is 3.07. The van der Waals surface area contributed by atoms with Crippen LogP contribution in [0, 0.1) is 79.6 Å². The minimum Gasteiger partial charge on any atom is -0.469 e. The van der Waals surface area contributed by atoms with Gasteiger partial charge in [0.15, 0.2) is 0 Å². The fourth-order valence-corrected chi connectivity index (χ4v) is 3.75. The molecule has 0 aliphatic carbocycles. The Labute approximate surface area is 211 Å². The number of ketones is 1. The summed E-state index contributed by atoms with van der Waals surface area (Å²) >= 11 is 0. The number of hydrogen-bond donors (Lipinski definition) is 0. The van der Waals surface area contributed by atoms with Gasteiger partial charge >= 0.3 is 5.97 Å². The van der Waals surface area contributed by atoms with Crippen molar-refractivity contribution in [3.8, 4) is 0 Å². The first-order valence-corrected chi connectivity index (χ1v) is 10.7. The second-order valence-corrected chi connectivity index (χ2v) is 7.75. The van der Waals surface area contributed by atoms with Gasteiger partial charge in [0.25, 0.3) is 0 Å². The molecular formula is C25H37NO4U. The van der Waals surface area contributed by atoms with Gasteiger partial charge in [-0.3, -0.25) is 9.59 Å². The molecule has 1 atom stereocenters. The number of benzene rings is 1. The van der Waals surface area contributed by atoms with Gasteiger partial charge < -0.3 is 9.26 Å². The first-order chi connectivity index (χ1) is 14.1. The van der Waals surface area contributed by atoms with Gasteiger partial charge in [0, 0.05) is 55.4 Å². The maximum absolute atomic E-state index is 13.0. The summed E-state index contributed by atoms with van der Waals surface area (Å²) < 4.78 is 10.1. The third kappa shape index (κ3) is 7.05. The van der Waals surface area contributed by atoms with E-state index in [0.29, 0.717) is 17.9 Å². The van der Waals surface area contributed by atoms with Gasteiger partial charge in [-0.15, -0.1) is 0 Å². The van der Waals surface area contributed by atoms with Crippen molar-refractivity contribution in [2.75, 3.05) is 7.11 Å². The fourth-order valence-electron chi connectivity index (χ4n) is 3.75. The molecule has 0 saturated heterocycles. The third-order valence-electron chi connectivity index (χ3n) is 6.22. The van der Waals surface area contributed by atoms with E-state index in [0.717, 1.165) is 11.1 Å². The van der Waals surface area contributed by atoms with Crippen molar-refractivity contribution in [1.29, 1.82) is 0 Å². The summed E-state index contributed by atoms with van der Waals surface area (Å²) in [5.74, 6) is 0.0921. The van der Waals surface area contributed by atoms with Crippen molar-refractivity contribution in [2.24, 2.45) is 0 Å². The predicted octanol–water partition coefficient (Wildman–Crippen LogP) is 5.71. The number of aromatic nitrogens is 1. The molecule has 0 aliphatic rings. The van der Waals surface area contributed by atoms with E-state index >= 15 is 0 Å². The Balaban J connectivity index is 0.00000291. The number of hydrogen-bond acceptors (Lipinski definition) is 5. The zero-order chi connectivity index (χ0) is 23.2. The van der Waals surface area contributed by atoms with Gasteiger partial charge in [0.05, 0.1) is 19.2 Å². The van der Waals surface area contributed by atoms with Gasteiger partial charge in [0.1, 0.15) is 11.5 Å². The largest absolute Gasteiger partial charge is 0.469 e. The Bertz CT molecular complexity index is 886. The molecule has 0 saturated carbocycles. The minimum absolute atomic E-state index is 0. The summed E-state index contributed by atoms with van der Waals surface area (Å²) in [5.41, 5.74) is 8.75. The Morgan fingerprint density at radius 1 is 0.839 bits per heavy atom. The molecule has 0 amide bonds. The van der Waals surface area contributed by atoms with Gasteiger partial charge in [0.2, 0.25) is 0 Å². The number of ether oxygens (including phenoxy) is 1. The second kappa shape index (κ2) is 13.2. The first-order valence-electron chi connectivity index (χ1n) is 10.7. The molecule has 170 valence electrons. The molecule has 0 N–H and O–H groups in total. The number of methoxy groups -OCH3 is 1. The molecule has 0 spiro atoms. The molecule has 31 heavy (non-hydrogen) atoms. The van der Waals surface area contributed by atoms with Crippen molar-refractivity contribution >= 4 is 11.8 Å². The second-order valence-electron chi connectivity index (χ2n) is 7.75. The van der Waals surface area contributed by atoms with E-state index in [1.54, 1.807) is 0 Å². The summed E-state index contributed by atoms with van der Waals surface area (Å²) in [6.07, 6.45) is 0.693. The van der Waals surface area contributed by atoms with Crippen LogP contribution in [0.1, 0.15) is 83.0 Å². The van der Waals surface area contributed by atoms with Crippen LogP contribution in [0.5, 0.6) is 0 Å². The Hall–Kier alpha value is -1.38. The van der Waals surface area contributed by atoms with Crippen molar-refractivity contribution in [3.05, 3.63) is 50.4 Å². The van der Waals surface area contributed by atoms with E-state index < -0.39 is 0 Å². The predicted molar refractivity (Wildman–Crippen MR) is 120 cm³/mol. The first kappa shape index (κ1) is 29.6. The monoisotopic (exact) mass is 653 g/mol. The maximum Gasteiger partial charge on any atom is 0.306 e. The number of carbonyl (C=O) groups excluding carboxylic acids is 2. The van der Waals surface area contributed by atoms with Crippen LogP contribution in [0.25, 0.3) is 0 Å². The van der Waals surface area contributed by atoms with Crippen LogP contribution < -0.4 is 0 Å². The van der Waals surface area contributed by atoms with Crippen LogP contribution in [-0.2, 0) is 20.7 Å². The summed E-state index contributed by atoms with van der Waals surface area (Å²) in [4.78, 5) is 24.9. The van der Waals surface area contributed by atoms with Crippen molar-refractivity contribution in [3.63, 3.8) is 0 Å². The van der Waals surface area contributed by atoms with E-state index in [2.05, 4.69) is 39.8 Å². The molecule has 5 nitrogen and oxygen atoms in total. The minimum atomic E-state index is -0.354. The molecule has 2 aromatic rings. The van der Waals surface area contributed by atoms with E-state index in [1.165, 1.54) is 34.9 Å². The molecule has 0 aliphatic heterocycles. The average molecular weight is 654 g/mol. The Morgan fingerprint density at radius 3 is 1.74 bits per heavy atom. The van der Waals surface area contributed by atoms with E-state index in [9.17, 15) is 9.59 Å². The Kier molecular flexibility index (Phi) is 12.6. The molecule has 6 heteroatoms. The van der Waals surface area contributed by atoms with Crippen LogP contribution in [0.2, 0.25) is 0 Å². The molecule has 2 rings (SSSR count). The SMILES string of the molecule is CC.COC(=O)CC(CC(=O)Cc1c(C)c(C)c(C)c(C)c1C)c1noc(C)c1C.[U]. The van der Waals surface area contributed by atoms with Crippen LogP contribution in [0.3, 0.4) is 0 Å². The zero-order valence-electron chi connectivity index (χ0n) is 20.8. The van der Waals surface area contributed by atoms with Crippen LogP contribution in [0.4, 0.5) is 0 Å². The molecule has 0 bridgehead atoms. The van der Waals surface area contributed by atoms with Crippen LogP contribution in [-0.4, -0.2) is 24.0 Å². The number of carbonyl (C=O) groups is 2. The van der Waals surface area contributed by atoms with E-state index in [1.807, 2.05) is 27.7 Å². The van der Waals surface area contributed by atoms with E-state index in [4.69, 9.17) is 9.26 Å². The third-order valence-corrected chi connectivity index (χ3v) is 6.22. The molecule has 1 aromatic heterocycles. The molecule has 1 aromatic carbocycles. The molecule has 1 unspecified atom stereocenters. The molecule has 0 radical (unpaired) electrons. The topological polar surface area (TPSA) is 69.4 Å². The number of esters is 1. The number of aryl methyl sites for hydroxylation is 1. The summed E-state index contributed by atoms with van der Waals surface area (Å²) in [7, 11) is 1.35. The summed E-state index contributed by atoms with van der Waals surface area (Å²) in [6, 6.07) is 0. The molecule has 1 heterocycles. The zero-order valence-corrected chi connectivity index (χ0v) is 24.9. The maximum atomic E-state index is 13.0. The smallest absolute Gasteiger partial charge is 0.306 e. The van der Waals surface area contributed by atoms with Gasteiger partial charge in [-0.05, 0) is 81.8 Å². The van der Waals surface area contributed by atoms with Crippen LogP contribution in [0.15, 0.2) is 4.52 Å². The van der Waals surface area contributed by atoms with Crippen molar-refractivity contribution < 1.29 is 50.0 Å². The molecule has 0 fully saturated rings. The number of rotatable bonds is 7. The quantitative estimate of drug-likeness (QED) is 0.359. The summed E-state index contributed by atoms with van der Waals surface area (Å²) in [5, 5.41) is 4.10. The van der Waals surface area contributed by atoms with Crippen LogP contribution >= 0.6 is 0 Å².